The van der Waals surface area contributed by atoms with Gasteiger partial charge in [0.05, 0.1) is 23.6 Å². The van der Waals surface area contributed by atoms with Gasteiger partial charge in [-0.15, -0.1) is 0 Å². The molecule has 1 aliphatic heterocycles. The van der Waals surface area contributed by atoms with Crippen molar-refractivity contribution in [3.05, 3.63) is 80.2 Å². The molecule has 2 heterocycles. The summed E-state index contributed by atoms with van der Waals surface area (Å²) in [6.45, 7) is 1.71. The number of rotatable bonds is 3. The van der Waals surface area contributed by atoms with E-state index in [4.69, 9.17) is 16.0 Å². The van der Waals surface area contributed by atoms with Gasteiger partial charge in [-0.05, 0) is 30.2 Å². The molecule has 0 bridgehead atoms. The third-order valence-electron chi connectivity index (χ3n) is 4.70. The fourth-order valence-electron chi connectivity index (χ4n) is 3.46. The summed E-state index contributed by atoms with van der Waals surface area (Å²) >= 11 is 6.18. The van der Waals surface area contributed by atoms with Crippen molar-refractivity contribution in [2.45, 2.75) is 13.0 Å². The summed E-state index contributed by atoms with van der Waals surface area (Å²) in [5.41, 5.74) is 1.91. The Bertz CT molecular complexity index is 1070. The highest BCUT2D eigenvalue weighted by atomic mass is 35.5. The molecule has 0 radical (unpaired) electrons. The zero-order chi connectivity index (χ0) is 18.4. The highest BCUT2D eigenvalue weighted by Gasteiger charge is 2.42. The van der Waals surface area contributed by atoms with E-state index in [1.807, 2.05) is 37.3 Å². The summed E-state index contributed by atoms with van der Waals surface area (Å²) in [5.74, 6) is -0.360. The van der Waals surface area contributed by atoms with Crippen molar-refractivity contribution in [1.29, 1.82) is 0 Å². The Kier molecular flexibility index (Phi) is 4.05. The van der Waals surface area contributed by atoms with Crippen molar-refractivity contribution in [3.63, 3.8) is 0 Å². The number of amides is 1. The molecule has 132 valence electrons. The minimum absolute atomic E-state index is 0.0338. The molecule has 2 aromatic carbocycles. The second kappa shape index (κ2) is 6.27. The molecule has 0 fully saturated rings. The predicted molar refractivity (Wildman–Crippen MR) is 98.6 cm³/mol. The Hall–Kier alpha value is -2.63. The Morgan fingerprint density at radius 1 is 1.19 bits per heavy atom. The molecule has 5 nitrogen and oxygen atoms in total. The molecule has 4 rings (SSSR count). The van der Waals surface area contributed by atoms with Crippen LogP contribution in [0.3, 0.4) is 0 Å². The third-order valence-corrected chi connectivity index (χ3v) is 5.11. The van der Waals surface area contributed by atoms with Crippen molar-refractivity contribution < 1.29 is 14.3 Å². The van der Waals surface area contributed by atoms with Crippen LogP contribution in [0.15, 0.2) is 51.7 Å². The molecule has 3 aromatic rings. The summed E-state index contributed by atoms with van der Waals surface area (Å²) in [4.78, 5) is 27.5. The van der Waals surface area contributed by atoms with Crippen LogP contribution in [-0.4, -0.2) is 29.1 Å². The second-order valence-electron chi connectivity index (χ2n) is 6.31. The van der Waals surface area contributed by atoms with E-state index in [0.29, 0.717) is 21.6 Å². The van der Waals surface area contributed by atoms with E-state index in [-0.39, 0.29) is 24.3 Å². The SMILES string of the molecule is Cc1cc2oc3c(c(=O)c2cc1Cl)[C@@H](c1ccccc1)N(CCO)C3=O. The molecule has 1 aliphatic rings. The van der Waals surface area contributed by atoms with Gasteiger partial charge >= 0.3 is 0 Å². The molecule has 0 spiro atoms. The predicted octanol–water partition coefficient (Wildman–Crippen LogP) is 3.29. The van der Waals surface area contributed by atoms with Gasteiger partial charge in [-0.1, -0.05) is 41.9 Å². The van der Waals surface area contributed by atoms with Crippen LogP contribution in [0.25, 0.3) is 11.0 Å². The molecule has 1 aromatic heterocycles. The summed E-state index contributed by atoms with van der Waals surface area (Å²) in [7, 11) is 0. The molecule has 0 saturated heterocycles. The minimum atomic E-state index is -0.591. The van der Waals surface area contributed by atoms with Gasteiger partial charge < -0.3 is 14.4 Å². The number of hydrogen-bond acceptors (Lipinski definition) is 4. The number of benzene rings is 2. The van der Waals surface area contributed by atoms with Gasteiger partial charge in [-0.2, -0.15) is 0 Å². The number of halogens is 1. The van der Waals surface area contributed by atoms with Crippen LogP contribution in [0.2, 0.25) is 5.02 Å². The first kappa shape index (κ1) is 16.8. The van der Waals surface area contributed by atoms with Gasteiger partial charge in [-0.3, -0.25) is 9.59 Å². The minimum Gasteiger partial charge on any atom is -0.450 e. The molecule has 1 atom stereocenters. The van der Waals surface area contributed by atoms with Gasteiger partial charge in [0.15, 0.2) is 5.43 Å². The lowest BCUT2D eigenvalue weighted by Gasteiger charge is -2.24. The Balaban J connectivity index is 2.04. The van der Waals surface area contributed by atoms with Crippen LogP contribution in [0, 0.1) is 6.92 Å². The molecule has 26 heavy (non-hydrogen) atoms. The van der Waals surface area contributed by atoms with Crippen LogP contribution in [0.4, 0.5) is 0 Å². The smallest absolute Gasteiger partial charge is 0.290 e. The lowest BCUT2D eigenvalue weighted by Crippen LogP contribution is -2.32. The summed E-state index contributed by atoms with van der Waals surface area (Å²) in [6, 6.07) is 11.9. The van der Waals surface area contributed by atoms with Gasteiger partial charge in [0.25, 0.3) is 5.91 Å². The normalized spacial score (nSPS) is 16.3. The highest BCUT2D eigenvalue weighted by Crippen LogP contribution is 2.38. The van der Waals surface area contributed by atoms with Crippen LogP contribution < -0.4 is 5.43 Å². The van der Waals surface area contributed by atoms with Crippen molar-refractivity contribution in [2.24, 2.45) is 0 Å². The molecule has 0 unspecified atom stereocenters. The average Bonchev–Trinajstić information content (AvgIpc) is 2.91. The van der Waals surface area contributed by atoms with E-state index in [2.05, 4.69) is 0 Å². The number of carbonyl (C=O) groups is 1. The highest BCUT2D eigenvalue weighted by molar-refractivity contribution is 6.32. The number of aliphatic hydroxyl groups excluding tert-OH is 1. The number of fused-ring (bicyclic) bond motifs is 2. The standard InChI is InChI=1S/C20H16ClNO4/c1-11-9-15-13(10-14(11)21)18(24)16-17(12-5-3-2-4-6-12)22(7-8-23)20(25)19(16)26-15/h2-6,9-10,17,23H,7-8H2,1H3/t17-/m1/s1. The van der Waals surface area contributed by atoms with Gasteiger partial charge in [0.2, 0.25) is 5.76 Å². The van der Waals surface area contributed by atoms with Crippen molar-refractivity contribution in [2.75, 3.05) is 13.2 Å². The molecular formula is C20H16ClNO4. The Morgan fingerprint density at radius 3 is 2.62 bits per heavy atom. The fraction of sp³-hybridized carbons (Fsp3) is 0.200. The number of aliphatic hydroxyl groups is 1. The van der Waals surface area contributed by atoms with Crippen molar-refractivity contribution in [1.82, 2.24) is 4.90 Å². The van der Waals surface area contributed by atoms with E-state index in [1.54, 1.807) is 12.1 Å². The van der Waals surface area contributed by atoms with E-state index in [1.165, 1.54) is 4.90 Å². The zero-order valence-corrected chi connectivity index (χ0v) is 14.8. The van der Waals surface area contributed by atoms with E-state index in [0.717, 1.165) is 11.1 Å². The quantitative estimate of drug-likeness (QED) is 0.769. The van der Waals surface area contributed by atoms with Crippen LogP contribution in [-0.2, 0) is 0 Å². The lowest BCUT2D eigenvalue weighted by atomic mass is 9.98. The Morgan fingerprint density at radius 2 is 1.92 bits per heavy atom. The molecule has 1 N–H and O–H groups in total. The van der Waals surface area contributed by atoms with Gasteiger partial charge in [0, 0.05) is 11.6 Å². The summed E-state index contributed by atoms with van der Waals surface area (Å²) < 4.78 is 5.83. The largest absolute Gasteiger partial charge is 0.450 e. The topological polar surface area (TPSA) is 70.8 Å². The molecule has 1 amide bonds. The number of hydrogen-bond donors (Lipinski definition) is 1. The monoisotopic (exact) mass is 369 g/mol. The van der Waals surface area contributed by atoms with Crippen molar-refractivity contribution >= 4 is 28.5 Å². The first-order valence-corrected chi connectivity index (χ1v) is 8.64. The van der Waals surface area contributed by atoms with Crippen molar-refractivity contribution in [3.8, 4) is 0 Å². The number of β-amino-alcohol motifs (C(OH)–C–C–N with tert-alkyl or cyclic N) is 1. The maximum absolute atomic E-state index is 13.2. The number of carbonyl (C=O) groups excluding carboxylic acids is 1. The van der Waals surface area contributed by atoms with E-state index in [9.17, 15) is 14.7 Å². The Labute approximate surface area is 154 Å². The molecular weight excluding hydrogens is 354 g/mol. The van der Waals surface area contributed by atoms with Crippen LogP contribution in [0.1, 0.15) is 33.3 Å². The summed E-state index contributed by atoms with van der Waals surface area (Å²) in [5, 5.41) is 10.2. The number of nitrogens with zero attached hydrogens (tertiary/aromatic N) is 1. The molecule has 0 aliphatic carbocycles. The number of aryl methyl sites for hydroxylation is 1. The van der Waals surface area contributed by atoms with Crippen LogP contribution in [0.5, 0.6) is 0 Å². The van der Waals surface area contributed by atoms with E-state index >= 15 is 0 Å². The third kappa shape index (κ3) is 2.43. The second-order valence-corrected chi connectivity index (χ2v) is 6.71. The lowest BCUT2D eigenvalue weighted by molar-refractivity contribution is 0.0691. The van der Waals surface area contributed by atoms with Crippen LogP contribution >= 0.6 is 11.6 Å². The van der Waals surface area contributed by atoms with E-state index < -0.39 is 11.9 Å². The van der Waals surface area contributed by atoms with Gasteiger partial charge in [-0.25, -0.2) is 0 Å². The summed E-state index contributed by atoms with van der Waals surface area (Å²) in [6.07, 6.45) is 0. The average molecular weight is 370 g/mol. The fourth-order valence-corrected chi connectivity index (χ4v) is 3.62. The van der Waals surface area contributed by atoms with Gasteiger partial charge in [0.1, 0.15) is 5.58 Å². The molecule has 6 heteroatoms. The molecule has 0 saturated carbocycles. The maximum Gasteiger partial charge on any atom is 0.290 e. The zero-order valence-electron chi connectivity index (χ0n) is 14.0. The maximum atomic E-state index is 13.2. The first-order valence-electron chi connectivity index (χ1n) is 8.26. The first-order chi connectivity index (χ1) is 12.5.